The Labute approximate surface area is 170 Å². The Morgan fingerprint density at radius 3 is 2.38 bits per heavy atom. The Morgan fingerprint density at radius 2 is 1.79 bits per heavy atom. The number of rotatable bonds is 5. The number of carbonyl (C=O) groups excluding carboxylic acids is 2. The summed E-state index contributed by atoms with van der Waals surface area (Å²) in [5, 5.41) is 2.76. The Balaban J connectivity index is 2.21. The Morgan fingerprint density at radius 1 is 1.17 bits per heavy atom. The van der Waals surface area contributed by atoms with Crippen LogP contribution < -0.4 is 5.32 Å². The molecule has 0 saturated carbocycles. The number of carbonyl (C=O) groups is 2. The monoisotopic (exact) mass is 565 g/mol. The third-order valence-corrected chi connectivity index (χ3v) is 5.27. The van der Waals surface area contributed by atoms with Gasteiger partial charge in [0.1, 0.15) is 6.04 Å². The number of nitrogens with one attached hydrogen (secondary N) is 1. The lowest BCUT2D eigenvalue weighted by Gasteiger charge is -2.17. The number of halogens is 3. The number of benzene rings is 2. The molecule has 0 saturated heterocycles. The van der Waals surface area contributed by atoms with E-state index in [1.165, 1.54) is 7.11 Å². The van der Waals surface area contributed by atoms with Crippen LogP contribution in [0.4, 0.5) is 0 Å². The van der Waals surface area contributed by atoms with Crippen LogP contribution in [0, 0.1) is 3.57 Å². The molecule has 0 bridgehead atoms. The summed E-state index contributed by atoms with van der Waals surface area (Å²) in [5.41, 5.74) is 1.43. The minimum Gasteiger partial charge on any atom is -0.467 e. The molecule has 0 aliphatic carbocycles. The molecule has 0 spiro atoms. The first-order valence-electron chi connectivity index (χ1n) is 6.99. The Bertz CT molecular complexity index is 747. The molecule has 1 atom stereocenters. The molecule has 0 aliphatic heterocycles. The van der Waals surface area contributed by atoms with Gasteiger partial charge in [0.15, 0.2) is 0 Å². The first kappa shape index (κ1) is 19.4. The van der Waals surface area contributed by atoms with Crippen LogP contribution in [0.5, 0.6) is 0 Å². The van der Waals surface area contributed by atoms with E-state index in [9.17, 15) is 9.59 Å². The third kappa shape index (κ3) is 5.29. The first-order valence-corrected chi connectivity index (χ1v) is 9.65. The molecule has 0 fully saturated rings. The van der Waals surface area contributed by atoms with Crippen molar-refractivity contribution in [2.45, 2.75) is 12.5 Å². The Hall–Kier alpha value is -0.930. The summed E-state index contributed by atoms with van der Waals surface area (Å²) in [6.07, 6.45) is 0.368. The van der Waals surface area contributed by atoms with Gasteiger partial charge in [-0.3, -0.25) is 4.79 Å². The number of methoxy groups -OCH3 is 1. The number of ether oxygens (including phenoxy) is 1. The minimum atomic E-state index is -0.754. The van der Waals surface area contributed by atoms with E-state index in [4.69, 9.17) is 4.74 Å². The number of hydrogen-bond donors (Lipinski definition) is 1. The quantitative estimate of drug-likeness (QED) is 0.433. The minimum absolute atomic E-state index is 0.335. The van der Waals surface area contributed by atoms with Gasteiger partial charge in [-0.2, -0.15) is 0 Å². The molecule has 1 amide bonds. The fraction of sp³-hybridized carbons (Fsp3) is 0.176. The van der Waals surface area contributed by atoms with Crippen molar-refractivity contribution in [1.82, 2.24) is 5.32 Å². The molecule has 0 unspecified atom stereocenters. The molecule has 24 heavy (non-hydrogen) atoms. The average Bonchev–Trinajstić information content (AvgIpc) is 2.54. The molecule has 1 N–H and O–H groups in total. The molecule has 7 heteroatoms. The highest BCUT2D eigenvalue weighted by Gasteiger charge is 2.23. The van der Waals surface area contributed by atoms with E-state index in [0.29, 0.717) is 12.0 Å². The standard InChI is InChI=1S/C17H14Br2INO3/c1-24-17(23)15(8-10-4-2-3-5-14(10)20)21-16(22)11-6-12(18)9-13(19)7-11/h2-7,9,15H,8H2,1H3,(H,21,22)/t15-/m1/s1. The smallest absolute Gasteiger partial charge is 0.328 e. The number of amides is 1. The highest BCUT2D eigenvalue weighted by Crippen LogP contribution is 2.20. The van der Waals surface area contributed by atoms with Crippen LogP contribution >= 0.6 is 54.5 Å². The summed E-state index contributed by atoms with van der Waals surface area (Å²) >= 11 is 8.91. The maximum Gasteiger partial charge on any atom is 0.328 e. The molecule has 0 aliphatic rings. The first-order chi connectivity index (χ1) is 11.4. The van der Waals surface area contributed by atoms with E-state index in [0.717, 1.165) is 18.1 Å². The summed E-state index contributed by atoms with van der Waals surface area (Å²) in [4.78, 5) is 24.6. The van der Waals surface area contributed by atoms with Crippen molar-refractivity contribution in [2.75, 3.05) is 7.11 Å². The molecule has 2 aromatic rings. The van der Waals surface area contributed by atoms with Crippen molar-refractivity contribution in [3.8, 4) is 0 Å². The molecule has 0 radical (unpaired) electrons. The largest absolute Gasteiger partial charge is 0.467 e. The van der Waals surface area contributed by atoms with Gasteiger partial charge in [-0.15, -0.1) is 0 Å². The van der Waals surface area contributed by atoms with Crippen molar-refractivity contribution < 1.29 is 14.3 Å². The lowest BCUT2D eigenvalue weighted by molar-refractivity contribution is -0.142. The Kier molecular flexibility index (Phi) is 7.24. The lowest BCUT2D eigenvalue weighted by Crippen LogP contribution is -2.43. The molecule has 2 aromatic carbocycles. The molecular weight excluding hydrogens is 553 g/mol. The van der Waals surface area contributed by atoms with Crippen LogP contribution in [0.25, 0.3) is 0 Å². The van der Waals surface area contributed by atoms with Crippen LogP contribution in [-0.2, 0) is 16.0 Å². The fourth-order valence-electron chi connectivity index (χ4n) is 2.15. The van der Waals surface area contributed by atoms with Crippen molar-refractivity contribution in [3.05, 3.63) is 66.1 Å². The van der Waals surface area contributed by atoms with Gasteiger partial charge in [0.05, 0.1) is 7.11 Å². The van der Waals surface area contributed by atoms with Gasteiger partial charge >= 0.3 is 5.97 Å². The highest BCUT2D eigenvalue weighted by molar-refractivity contribution is 14.1. The highest BCUT2D eigenvalue weighted by atomic mass is 127. The van der Waals surface area contributed by atoms with E-state index in [2.05, 4.69) is 59.8 Å². The lowest BCUT2D eigenvalue weighted by atomic mass is 10.1. The second-order valence-corrected chi connectivity index (χ2v) is 8.00. The second kappa shape index (κ2) is 8.96. The molecule has 2 rings (SSSR count). The number of esters is 1. The topological polar surface area (TPSA) is 55.4 Å². The van der Waals surface area contributed by atoms with Gasteiger partial charge in [-0.05, 0) is 52.4 Å². The van der Waals surface area contributed by atoms with Gasteiger partial charge in [0.25, 0.3) is 5.91 Å². The van der Waals surface area contributed by atoms with Gasteiger partial charge in [-0.25, -0.2) is 4.79 Å². The van der Waals surface area contributed by atoms with E-state index in [1.54, 1.807) is 12.1 Å². The van der Waals surface area contributed by atoms with Gasteiger partial charge in [-0.1, -0.05) is 50.1 Å². The maximum atomic E-state index is 12.5. The molecular formula is C17H14Br2INO3. The van der Waals surface area contributed by atoms with E-state index < -0.39 is 12.0 Å². The zero-order chi connectivity index (χ0) is 17.7. The molecule has 4 nitrogen and oxygen atoms in total. The molecule has 126 valence electrons. The van der Waals surface area contributed by atoms with Crippen LogP contribution in [0.1, 0.15) is 15.9 Å². The second-order valence-electron chi connectivity index (χ2n) is 5.00. The van der Waals surface area contributed by atoms with Crippen molar-refractivity contribution in [1.29, 1.82) is 0 Å². The predicted octanol–water partition coefficient (Wildman–Crippen LogP) is 4.33. The molecule has 0 heterocycles. The zero-order valence-electron chi connectivity index (χ0n) is 12.7. The van der Waals surface area contributed by atoms with Crippen LogP contribution in [0.15, 0.2) is 51.4 Å². The van der Waals surface area contributed by atoms with Crippen LogP contribution in [-0.4, -0.2) is 25.0 Å². The summed E-state index contributed by atoms with van der Waals surface area (Å²) in [6, 6.07) is 12.2. The summed E-state index contributed by atoms with van der Waals surface area (Å²) in [5.74, 6) is -0.810. The van der Waals surface area contributed by atoms with Crippen molar-refractivity contribution in [2.24, 2.45) is 0 Å². The van der Waals surface area contributed by atoms with Gasteiger partial charge in [0, 0.05) is 24.5 Å². The summed E-state index contributed by atoms with van der Waals surface area (Å²) in [7, 11) is 1.31. The van der Waals surface area contributed by atoms with Gasteiger partial charge in [0.2, 0.25) is 0 Å². The van der Waals surface area contributed by atoms with E-state index >= 15 is 0 Å². The van der Waals surface area contributed by atoms with Crippen molar-refractivity contribution >= 4 is 66.3 Å². The third-order valence-electron chi connectivity index (χ3n) is 3.30. The number of hydrogen-bond acceptors (Lipinski definition) is 3. The summed E-state index contributed by atoms with van der Waals surface area (Å²) < 4.78 is 7.41. The van der Waals surface area contributed by atoms with Crippen LogP contribution in [0.2, 0.25) is 0 Å². The normalized spacial score (nSPS) is 11.7. The maximum absolute atomic E-state index is 12.5. The SMILES string of the molecule is COC(=O)[C@@H](Cc1ccccc1I)NC(=O)c1cc(Br)cc(Br)c1. The van der Waals surface area contributed by atoms with Gasteiger partial charge < -0.3 is 10.1 Å². The van der Waals surface area contributed by atoms with Crippen molar-refractivity contribution in [3.63, 3.8) is 0 Å². The fourth-order valence-corrected chi connectivity index (χ4v) is 4.05. The predicted molar refractivity (Wildman–Crippen MR) is 108 cm³/mol. The summed E-state index contributed by atoms with van der Waals surface area (Å²) in [6.45, 7) is 0. The van der Waals surface area contributed by atoms with Crippen LogP contribution in [0.3, 0.4) is 0 Å². The molecule has 0 aromatic heterocycles. The average molecular weight is 567 g/mol. The zero-order valence-corrected chi connectivity index (χ0v) is 18.0. The van der Waals surface area contributed by atoms with E-state index in [-0.39, 0.29) is 5.91 Å². The van der Waals surface area contributed by atoms with E-state index in [1.807, 2.05) is 30.3 Å².